The van der Waals surface area contributed by atoms with Gasteiger partial charge in [0.2, 0.25) is 0 Å². The van der Waals surface area contributed by atoms with Gasteiger partial charge >= 0.3 is 0 Å². The summed E-state index contributed by atoms with van der Waals surface area (Å²) in [4.78, 5) is 0. The van der Waals surface area contributed by atoms with E-state index in [4.69, 9.17) is 5.73 Å². The summed E-state index contributed by atoms with van der Waals surface area (Å²) in [6, 6.07) is 2.22. The van der Waals surface area contributed by atoms with Crippen LogP contribution in [0.3, 0.4) is 0 Å². The summed E-state index contributed by atoms with van der Waals surface area (Å²) in [5, 5.41) is 8.19. The Bertz CT molecular complexity index is 356. The van der Waals surface area contributed by atoms with E-state index < -0.39 is 0 Å². The Labute approximate surface area is 97.5 Å². The molecule has 3 nitrogen and oxygen atoms in total. The Kier molecular flexibility index (Phi) is 3.54. The molecule has 1 aliphatic rings. The van der Waals surface area contributed by atoms with E-state index in [1.54, 1.807) is 0 Å². The molecule has 0 spiro atoms. The number of nitrogens with two attached hydrogens (primary N) is 1. The predicted molar refractivity (Wildman–Crippen MR) is 65.0 cm³/mol. The van der Waals surface area contributed by atoms with E-state index in [9.17, 15) is 0 Å². The molecule has 1 heterocycles. The van der Waals surface area contributed by atoms with Crippen LogP contribution >= 0.6 is 0 Å². The first-order chi connectivity index (χ1) is 7.66. The molecule has 1 atom stereocenters. The van der Waals surface area contributed by atoms with Crippen LogP contribution in [0.1, 0.15) is 55.1 Å². The van der Waals surface area contributed by atoms with Crippen molar-refractivity contribution in [1.82, 2.24) is 10.2 Å². The molecule has 0 bridgehead atoms. The summed E-state index contributed by atoms with van der Waals surface area (Å²) in [7, 11) is 0. The van der Waals surface area contributed by atoms with Gasteiger partial charge in [-0.25, -0.2) is 0 Å². The Morgan fingerprint density at radius 3 is 2.69 bits per heavy atom. The van der Waals surface area contributed by atoms with Gasteiger partial charge in [0.05, 0.1) is 11.4 Å². The molecule has 1 aliphatic carbocycles. The summed E-state index contributed by atoms with van der Waals surface area (Å²) in [6.45, 7) is 3.97. The predicted octanol–water partition coefficient (Wildman–Crippen LogP) is 2.67. The number of hydrogen-bond acceptors (Lipinski definition) is 3. The van der Waals surface area contributed by atoms with Crippen LogP contribution in [-0.4, -0.2) is 10.2 Å². The van der Waals surface area contributed by atoms with E-state index in [-0.39, 0.29) is 6.04 Å². The number of rotatable bonds is 3. The van der Waals surface area contributed by atoms with E-state index in [1.807, 2.05) is 13.8 Å². The molecule has 0 amide bonds. The van der Waals surface area contributed by atoms with Crippen LogP contribution in [0.15, 0.2) is 6.07 Å². The van der Waals surface area contributed by atoms with Gasteiger partial charge in [0.15, 0.2) is 0 Å². The van der Waals surface area contributed by atoms with E-state index in [0.29, 0.717) is 0 Å². The molecule has 1 saturated carbocycles. The summed E-state index contributed by atoms with van der Waals surface area (Å²) in [6.07, 6.45) is 6.56. The minimum Gasteiger partial charge on any atom is -0.324 e. The molecular weight excluding hydrogens is 198 g/mol. The normalized spacial score (nSPS) is 18.9. The molecule has 0 aromatic carbocycles. The zero-order chi connectivity index (χ0) is 11.5. The number of hydrogen-bond donors (Lipinski definition) is 1. The first-order valence-corrected chi connectivity index (χ1v) is 6.23. The third kappa shape index (κ3) is 2.59. The lowest BCUT2D eigenvalue weighted by molar-refractivity contribution is 0.448. The van der Waals surface area contributed by atoms with E-state index in [0.717, 1.165) is 23.7 Å². The SMILES string of the molecule is Cc1cc(C(N)CC2CCCC2)c(C)nn1. The highest BCUT2D eigenvalue weighted by Gasteiger charge is 2.20. The minimum absolute atomic E-state index is 0.136. The molecule has 1 aromatic heterocycles. The van der Waals surface area contributed by atoms with Crippen molar-refractivity contribution in [1.29, 1.82) is 0 Å². The Hall–Kier alpha value is -0.960. The van der Waals surface area contributed by atoms with Gasteiger partial charge in [-0.1, -0.05) is 25.7 Å². The van der Waals surface area contributed by atoms with Crippen LogP contribution in [0.5, 0.6) is 0 Å². The van der Waals surface area contributed by atoms with E-state index in [2.05, 4.69) is 16.3 Å². The second-order valence-corrected chi connectivity index (χ2v) is 5.02. The molecule has 1 unspecified atom stereocenters. The Morgan fingerprint density at radius 2 is 2.00 bits per heavy atom. The van der Waals surface area contributed by atoms with E-state index in [1.165, 1.54) is 31.2 Å². The lowest BCUT2D eigenvalue weighted by Gasteiger charge is -2.18. The van der Waals surface area contributed by atoms with Crippen LogP contribution < -0.4 is 5.73 Å². The monoisotopic (exact) mass is 219 g/mol. The fourth-order valence-electron chi connectivity index (χ4n) is 2.68. The molecule has 0 radical (unpaired) electrons. The Morgan fingerprint density at radius 1 is 1.31 bits per heavy atom. The average Bonchev–Trinajstić information content (AvgIpc) is 2.74. The fourth-order valence-corrected chi connectivity index (χ4v) is 2.68. The molecule has 0 saturated heterocycles. The minimum atomic E-state index is 0.136. The van der Waals surface area contributed by atoms with Gasteiger partial charge < -0.3 is 5.73 Å². The molecule has 2 N–H and O–H groups in total. The first-order valence-electron chi connectivity index (χ1n) is 6.23. The summed E-state index contributed by atoms with van der Waals surface area (Å²) in [5.74, 6) is 0.822. The van der Waals surface area contributed by atoms with Gasteiger partial charge in [-0.05, 0) is 37.8 Å². The maximum atomic E-state index is 6.28. The second-order valence-electron chi connectivity index (χ2n) is 5.02. The standard InChI is InChI=1S/C13H21N3/c1-9-7-12(10(2)16-15-9)13(14)8-11-5-3-4-6-11/h7,11,13H,3-6,8,14H2,1-2H3. The average molecular weight is 219 g/mol. The van der Waals surface area contributed by atoms with Gasteiger partial charge in [-0.15, -0.1) is 0 Å². The molecule has 16 heavy (non-hydrogen) atoms. The molecule has 2 rings (SSSR count). The molecule has 3 heteroatoms. The zero-order valence-corrected chi connectivity index (χ0v) is 10.2. The van der Waals surface area contributed by atoms with Crippen molar-refractivity contribution >= 4 is 0 Å². The third-order valence-electron chi connectivity index (χ3n) is 3.60. The lowest BCUT2D eigenvalue weighted by atomic mass is 9.93. The largest absolute Gasteiger partial charge is 0.324 e. The number of aromatic nitrogens is 2. The van der Waals surface area contributed by atoms with Crippen LogP contribution in [0.2, 0.25) is 0 Å². The second kappa shape index (κ2) is 4.91. The molecule has 88 valence electrons. The van der Waals surface area contributed by atoms with E-state index >= 15 is 0 Å². The smallest absolute Gasteiger partial charge is 0.0648 e. The Balaban J connectivity index is 2.07. The quantitative estimate of drug-likeness (QED) is 0.850. The van der Waals surface area contributed by atoms with Crippen molar-refractivity contribution in [3.05, 3.63) is 23.0 Å². The third-order valence-corrected chi connectivity index (χ3v) is 3.60. The van der Waals surface area contributed by atoms with Gasteiger partial charge in [0.25, 0.3) is 0 Å². The summed E-state index contributed by atoms with van der Waals surface area (Å²) >= 11 is 0. The summed E-state index contributed by atoms with van der Waals surface area (Å²) in [5.41, 5.74) is 9.40. The van der Waals surface area contributed by atoms with Crippen molar-refractivity contribution in [2.24, 2.45) is 11.7 Å². The van der Waals surface area contributed by atoms with Crippen molar-refractivity contribution in [3.8, 4) is 0 Å². The van der Waals surface area contributed by atoms with Gasteiger partial charge in [-0.2, -0.15) is 10.2 Å². The van der Waals surface area contributed by atoms with Crippen molar-refractivity contribution in [3.63, 3.8) is 0 Å². The molecule has 0 aliphatic heterocycles. The van der Waals surface area contributed by atoms with Gasteiger partial charge in [0.1, 0.15) is 0 Å². The van der Waals surface area contributed by atoms with Crippen molar-refractivity contribution in [2.45, 2.75) is 52.0 Å². The van der Waals surface area contributed by atoms with Crippen LogP contribution in [0.4, 0.5) is 0 Å². The molecular formula is C13H21N3. The number of aryl methyl sites for hydroxylation is 2. The van der Waals surface area contributed by atoms with Crippen LogP contribution in [0.25, 0.3) is 0 Å². The summed E-state index contributed by atoms with van der Waals surface area (Å²) < 4.78 is 0. The topological polar surface area (TPSA) is 51.8 Å². The lowest BCUT2D eigenvalue weighted by Crippen LogP contribution is -2.16. The number of nitrogens with zero attached hydrogens (tertiary/aromatic N) is 2. The zero-order valence-electron chi connectivity index (χ0n) is 10.2. The van der Waals surface area contributed by atoms with Crippen molar-refractivity contribution in [2.75, 3.05) is 0 Å². The van der Waals surface area contributed by atoms with Crippen molar-refractivity contribution < 1.29 is 0 Å². The van der Waals surface area contributed by atoms with Crippen LogP contribution in [-0.2, 0) is 0 Å². The highest BCUT2D eigenvalue weighted by Crippen LogP contribution is 2.32. The van der Waals surface area contributed by atoms with Gasteiger partial charge in [0, 0.05) is 6.04 Å². The van der Waals surface area contributed by atoms with Gasteiger partial charge in [-0.3, -0.25) is 0 Å². The molecule has 1 fully saturated rings. The molecule has 1 aromatic rings. The maximum absolute atomic E-state index is 6.28. The first kappa shape index (κ1) is 11.5. The fraction of sp³-hybridized carbons (Fsp3) is 0.692. The highest BCUT2D eigenvalue weighted by molar-refractivity contribution is 5.23. The van der Waals surface area contributed by atoms with Crippen LogP contribution in [0, 0.1) is 19.8 Å². The highest BCUT2D eigenvalue weighted by atomic mass is 15.1. The maximum Gasteiger partial charge on any atom is 0.0648 e.